The van der Waals surface area contributed by atoms with Gasteiger partial charge in [-0.2, -0.15) is 0 Å². The molecule has 1 fully saturated rings. The van der Waals surface area contributed by atoms with Crippen LogP contribution in [-0.4, -0.2) is 34.6 Å². The van der Waals surface area contributed by atoms with E-state index in [4.69, 9.17) is 0 Å². The maximum atomic E-state index is 12.3. The van der Waals surface area contributed by atoms with Crippen LogP contribution < -0.4 is 5.32 Å². The number of amides is 4. The van der Waals surface area contributed by atoms with E-state index < -0.39 is 11.9 Å². The summed E-state index contributed by atoms with van der Waals surface area (Å²) in [6.45, 7) is 0. The first-order valence-corrected chi connectivity index (χ1v) is 6.53. The van der Waals surface area contributed by atoms with Crippen molar-refractivity contribution >= 4 is 23.6 Å². The van der Waals surface area contributed by atoms with Gasteiger partial charge in [0.05, 0.1) is 0 Å². The van der Waals surface area contributed by atoms with Crippen LogP contribution in [0.4, 0.5) is 0 Å². The van der Waals surface area contributed by atoms with E-state index in [9.17, 15) is 19.2 Å². The predicted molar refractivity (Wildman–Crippen MR) is 63.5 cm³/mol. The Morgan fingerprint density at radius 1 is 0.895 bits per heavy atom. The third-order valence-corrected chi connectivity index (χ3v) is 3.94. The highest BCUT2D eigenvalue weighted by Gasteiger charge is 2.45. The molecule has 100 valence electrons. The summed E-state index contributed by atoms with van der Waals surface area (Å²) in [5.74, 6) is -1.57. The monoisotopic (exact) mass is 262 g/mol. The van der Waals surface area contributed by atoms with Gasteiger partial charge >= 0.3 is 0 Å². The molecule has 1 atom stereocenters. The molecular weight excluding hydrogens is 248 g/mol. The predicted octanol–water partition coefficient (Wildman–Crippen LogP) is 0.0310. The zero-order valence-electron chi connectivity index (χ0n) is 10.4. The van der Waals surface area contributed by atoms with Gasteiger partial charge in [0.2, 0.25) is 11.8 Å². The third kappa shape index (κ3) is 1.78. The summed E-state index contributed by atoms with van der Waals surface area (Å²) in [5.41, 5.74) is 1.14. The van der Waals surface area contributed by atoms with Gasteiger partial charge in [-0.05, 0) is 32.1 Å². The average Bonchev–Trinajstić information content (AvgIpc) is 2.64. The summed E-state index contributed by atoms with van der Waals surface area (Å²) in [4.78, 5) is 48.5. The standard InChI is InChI=1S/C13H14N2O4/c16-10-6-5-9(11(17)14-10)15-12(18)7-3-1-2-4-8(7)13(15)19/h9H,1-6H2,(H,14,16,17). The molecule has 4 amide bonds. The van der Waals surface area contributed by atoms with Gasteiger partial charge in [-0.15, -0.1) is 0 Å². The van der Waals surface area contributed by atoms with Crippen molar-refractivity contribution in [3.63, 3.8) is 0 Å². The quantitative estimate of drug-likeness (QED) is 0.676. The summed E-state index contributed by atoms with van der Waals surface area (Å²) in [6, 6.07) is -0.830. The molecule has 3 aliphatic rings. The topological polar surface area (TPSA) is 83.6 Å². The zero-order valence-corrected chi connectivity index (χ0v) is 10.4. The van der Waals surface area contributed by atoms with Crippen molar-refractivity contribution in [2.75, 3.05) is 0 Å². The van der Waals surface area contributed by atoms with E-state index in [1.165, 1.54) is 0 Å². The van der Waals surface area contributed by atoms with Crippen LogP contribution in [0.1, 0.15) is 38.5 Å². The highest BCUT2D eigenvalue weighted by molar-refractivity contribution is 6.21. The molecule has 2 aliphatic heterocycles. The Balaban J connectivity index is 1.87. The second-order valence-corrected chi connectivity index (χ2v) is 5.11. The molecule has 2 heterocycles. The first-order chi connectivity index (χ1) is 9.09. The lowest BCUT2D eigenvalue weighted by Crippen LogP contribution is -2.54. The molecule has 1 unspecified atom stereocenters. The number of nitrogens with one attached hydrogen (secondary N) is 1. The highest BCUT2D eigenvalue weighted by Crippen LogP contribution is 2.34. The van der Waals surface area contributed by atoms with E-state index in [1.54, 1.807) is 0 Å². The molecule has 0 aromatic rings. The van der Waals surface area contributed by atoms with Crippen LogP contribution in [0.2, 0.25) is 0 Å². The molecule has 6 heteroatoms. The second kappa shape index (κ2) is 4.29. The van der Waals surface area contributed by atoms with Crippen LogP contribution in [0.25, 0.3) is 0 Å². The minimum absolute atomic E-state index is 0.165. The maximum Gasteiger partial charge on any atom is 0.257 e. The number of hydrogen-bond acceptors (Lipinski definition) is 4. The van der Waals surface area contributed by atoms with Crippen LogP contribution in [-0.2, 0) is 19.2 Å². The number of carbonyl (C=O) groups is 4. The number of rotatable bonds is 1. The molecule has 0 radical (unpaired) electrons. The first-order valence-electron chi connectivity index (χ1n) is 6.53. The van der Waals surface area contributed by atoms with Crippen molar-refractivity contribution in [2.45, 2.75) is 44.6 Å². The number of hydrogen-bond donors (Lipinski definition) is 1. The van der Waals surface area contributed by atoms with Gasteiger partial charge in [0, 0.05) is 17.6 Å². The lowest BCUT2D eigenvalue weighted by Gasteiger charge is -2.28. The Morgan fingerprint density at radius 2 is 1.47 bits per heavy atom. The fraction of sp³-hybridized carbons (Fsp3) is 0.538. The van der Waals surface area contributed by atoms with Gasteiger partial charge in [0.25, 0.3) is 11.8 Å². The third-order valence-electron chi connectivity index (χ3n) is 3.94. The Morgan fingerprint density at radius 3 is 2.00 bits per heavy atom. The van der Waals surface area contributed by atoms with Gasteiger partial charge < -0.3 is 0 Å². The minimum Gasteiger partial charge on any atom is -0.295 e. The molecular formula is C13H14N2O4. The largest absolute Gasteiger partial charge is 0.295 e. The maximum absolute atomic E-state index is 12.3. The van der Waals surface area contributed by atoms with E-state index in [0.29, 0.717) is 24.0 Å². The van der Waals surface area contributed by atoms with Crippen LogP contribution >= 0.6 is 0 Å². The van der Waals surface area contributed by atoms with Crippen molar-refractivity contribution in [2.24, 2.45) is 0 Å². The first kappa shape index (κ1) is 12.1. The lowest BCUT2D eigenvalue weighted by atomic mass is 9.93. The number of piperidine rings is 1. The summed E-state index contributed by atoms with van der Waals surface area (Å²) in [5, 5.41) is 2.19. The molecule has 1 aliphatic carbocycles. The fourth-order valence-corrected chi connectivity index (χ4v) is 2.97. The molecule has 0 bridgehead atoms. The molecule has 0 saturated carbocycles. The van der Waals surface area contributed by atoms with Gasteiger partial charge in [0.15, 0.2) is 0 Å². The molecule has 1 saturated heterocycles. The average molecular weight is 262 g/mol. The van der Waals surface area contributed by atoms with Crippen LogP contribution in [0, 0.1) is 0 Å². The fourth-order valence-electron chi connectivity index (χ4n) is 2.97. The Kier molecular flexibility index (Phi) is 2.73. The van der Waals surface area contributed by atoms with E-state index in [2.05, 4.69) is 5.32 Å². The smallest absolute Gasteiger partial charge is 0.257 e. The molecule has 6 nitrogen and oxygen atoms in total. The minimum atomic E-state index is -0.830. The van der Waals surface area contributed by atoms with E-state index in [-0.39, 0.29) is 30.6 Å². The Bertz CT molecular complexity index is 507. The Hall–Kier alpha value is -1.98. The Labute approximate surface area is 109 Å². The van der Waals surface area contributed by atoms with Crippen molar-refractivity contribution in [1.29, 1.82) is 0 Å². The second-order valence-electron chi connectivity index (χ2n) is 5.11. The van der Waals surface area contributed by atoms with Gasteiger partial charge in [0.1, 0.15) is 6.04 Å². The number of carbonyl (C=O) groups excluding carboxylic acids is 4. The van der Waals surface area contributed by atoms with Crippen molar-refractivity contribution in [3.8, 4) is 0 Å². The van der Waals surface area contributed by atoms with Crippen molar-refractivity contribution in [3.05, 3.63) is 11.1 Å². The van der Waals surface area contributed by atoms with E-state index in [1.807, 2.05) is 0 Å². The molecule has 0 aromatic heterocycles. The van der Waals surface area contributed by atoms with Crippen LogP contribution in [0.3, 0.4) is 0 Å². The van der Waals surface area contributed by atoms with Gasteiger partial charge in [-0.1, -0.05) is 0 Å². The normalized spacial score (nSPS) is 27.8. The zero-order chi connectivity index (χ0) is 13.6. The summed E-state index contributed by atoms with van der Waals surface area (Å²) < 4.78 is 0. The SMILES string of the molecule is O=C1CCC(N2C(=O)C3=C(CCCC3)C2=O)C(=O)N1. The highest BCUT2D eigenvalue weighted by atomic mass is 16.2. The molecule has 0 spiro atoms. The number of imide groups is 2. The van der Waals surface area contributed by atoms with Crippen molar-refractivity contribution in [1.82, 2.24) is 10.2 Å². The van der Waals surface area contributed by atoms with Gasteiger partial charge in [-0.3, -0.25) is 29.4 Å². The summed E-state index contributed by atoms with van der Waals surface area (Å²) in [7, 11) is 0. The summed E-state index contributed by atoms with van der Waals surface area (Å²) in [6.07, 6.45) is 3.43. The molecule has 19 heavy (non-hydrogen) atoms. The van der Waals surface area contributed by atoms with Crippen LogP contribution in [0.5, 0.6) is 0 Å². The lowest BCUT2D eigenvalue weighted by molar-refractivity contribution is -0.150. The van der Waals surface area contributed by atoms with Crippen LogP contribution in [0.15, 0.2) is 11.1 Å². The number of nitrogens with zero attached hydrogens (tertiary/aromatic N) is 1. The van der Waals surface area contributed by atoms with Gasteiger partial charge in [-0.25, -0.2) is 0 Å². The molecule has 3 rings (SSSR count). The van der Waals surface area contributed by atoms with E-state index in [0.717, 1.165) is 17.7 Å². The summed E-state index contributed by atoms with van der Waals surface area (Å²) >= 11 is 0. The molecule has 0 aromatic carbocycles. The van der Waals surface area contributed by atoms with Crippen molar-refractivity contribution < 1.29 is 19.2 Å². The van der Waals surface area contributed by atoms with E-state index >= 15 is 0 Å². The molecule has 1 N–H and O–H groups in total.